The van der Waals surface area contributed by atoms with Crippen LogP contribution in [0.25, 0.3) is 11.5 Å². The Bertz CT molecular complexity index is 740. The van der Waals surface area contributed by atoms with Crippen molar-refractivity contribution in [2.45, 2.75) is 6.92 Å². The predicted molar refractivity (Wildman–Crippen MR) is 70.1 cm³/mol. The van der Waals surface area contributed by atoms with E-state index < -0.39 is 0 Å². The van der Waals surface area contributed by atoms with E-state index in [0.29, 0.717) is 17.3 Å². The third-order valence-corrected chi connectivity index (χ3v) is 2.75. The summed E-state index contributed by atoms with van der Waals surface area (Å²) in [6, 6.07) is 6.76. The first-order valence-corrected chi connectivity index (χ1v) is 5.96. The number of nitrogens with zero attached hydrogens (tertiary/aromatic N) is 3. The van der Waals surface area contributed by atoms with Crippen LogP contribution >= 0.6 is 0 Å². The molecule has 7 nitrogen and oxygen atoms in total. The number of anilines is 1. The van der Waals surface area contributed by atoms with Crippen molar-refractivity contribution in [1.82, 2.24) is 14.9 Å². The van der Waals surface area contributed by atoms with Crippen molar-refractivity contribution in [3.05, 3.63) is 41.9 Å². The Labute approximate surface area is 114 Å². The lowest BCUT2D eigenvalue weighted by atomic mass is 10.3. The van der Waals surface area contributed by atoms with Gasteiger partial charge in [0.2, 0.25) is 5.76 Å². The highest BCUT2D eigenvalue weighted by Crippen LogP contribution is 2.21. The van der Waals surface area contributed by atoms with Crippen LogP contribution < -0.4 is 5.32 Å². The van der Waals surface area contributed by atoms with Crippen molar-refractivity contribution in [2.75, 3.05) is 5.32 Å². The third-order valence-electron chi connectivity index (χ3n) is 2.75. The molecule has 1 amide bonds. The van der Waals surface area contributed by atoms with E-state index >= 15 is 0 Å². The zero-order valence-electron chi connectivity index (χ0n) is 11.0. The second-order valence-corrected chi connectivity index (χ2v) is 4.30. The normalized spacial score (nSPS) is 10.7. The summed E-state index contributed by atoms with van der Waals surface area (Å²) < 4.78 is 11.8. The molecule has 1 N–H and O–H groups in total. The highest BCUT2D eigenvalue weighted by Gasteiger charge is 2.16. The van der Waals surface area contributed by atoms with Crippen LogP contribution in [0.2, 0.25) is 0 Å². The number of amides is 1. The van der Waals surface area contributed by atoms with E-state index in [2.05, 4.69) is 15.6 Å². The van der Waals surface area contributed by atoms with Crippen LogP contribution in [-0.4, -0.2) is 20.8 Å². The Hall–Kier alpha value is -2.83. The smallest absolute Gasteiger partial charge is 0.279 e. The van der Waals surface area contributed by atoms with Crippen LogP contribution in [0.4, 0.5) is 5.82 Å². The monoisotopic (exact) mass is 272 g/mol. The van der Waals surface area contributed by atoms with Gasteiger partial charge >= 0.3 is 0 Å². The molecule has 0 unspecified atom stereocenters. The lowest BCUT2D eigenvalue weighted by Crippen LogP contribution is -2.14. The van der Waals surface area contributed by atoms with E-state index in [4.69, 9.17) is 8.94 Å². The number of rotatable bonds is 3. The number of hydrogen-bond donors (Lipinski definition) is 1. The van der Waals surface area contributed by atoms with Gasteiger partial charge in [-0.1, -0.05) is 5.16 Å². The molecule has 3 aromatic heterocycles. The Morgan fingerprint density at radius 1 is 1.35 bits per heavy atom. The van der Waals surface area contributed by atoms with Gasteiger partial charge in [0.1, 0.15) is 5.82 Å². The summed E-state index contributed by atoms with van der Waals surface area (Å²) in [5.74, 6) is 1.15. The minimum Gasteiger partial charge on any atom is -0.461 e. The van der Waals surface area contributed by atoms with Crippen LogP contribution in [-0.2, 0) is 7.05 Å². The number of aromatic nitrogens is 3. The van der Waals surface area contributed by atoms with Gasteiger partial charge in [0.05, 0.1) is 12.0 Å². The van der Waals surface area contributed by atoms with Gasteiger partial charge in [-0.05, 0) is 19.1 Å². The Morgan fingerprint density at radius 2 is 2.20 bits per heavy atom. The maximum Gasteiger partial charge on any atom is 0.279 e. The average Bonchev–Trinajstić information content (AvgIpc) is 3.11. The van der Waals surface area contributed by atoms with E-state index in [1.54, 1.807) is 29.9 Å². The largest absolute Gasteiger partial charge is 0.461 e. The Morgan fingerprint density at radius 3 is 2.85 bits per heavy atom. The van der Waals surface area contributed by atoms with E-state index in [1.807, 2.05) is 6.92 Å². The van der Waals surface area contributed by atoms with Gasteiger partial charge in [-0.25, -0.2) is 0 Å². The number of hydrogen-bond acceptors (Lipinski definition) is 5. The predicted octanol–water partition coefficient (Wildman–Crippen LogP) is 2.23. The summed E-state index contributed by atoms with van der Waals surface area (Å²) in [7, 11) is 1.75. The van der Waals surface area contributed by atoms with Gasteiger partial charge in [0.25, 0.3) is 5.91 Å². The van der Waals surface area contributed by atoms with Gasteiger partial charge in [0.15, 0.2) is 11.5 Å². The molecular weight excluding hydrogens is 260 g/mol. The van der Waals surface area contributed by atoms with Gasteiger partial charge in [0, 0.05) is 19.2 Å². The fourth-order valence-electron chi connectivity index (χ4n) is 1.83. The van der Waals surface area contributed by atoms with Crippen molar-refractivity contribution >= 4 is 11.7 Å². The van der Waals surface area contributed by atoms with Crippen molar-refractivity contribution in [2.24, 2.45) is 7.05 Å². The quantitative estimate of drug-likeness (QED) is 0.790. The van der Waals surface area contributed by atoms with Crippen LogP contribution in [0.15, 0.2) is 39.5 Å². The number of carbonyl (C=O) groups is 1. The summed E-state index contributed by atoms with van der Waals surface area (Å²) in [6.07, 6.45) is 1.52. The second kappa shape index (κ2) is 4.69. The third kappa shape index (κ3) is 2.20. The molecule has 0 saturated carbocycles. The van der Waals surface area contributed by atoms with Gasteiger partial charge in [-0.3, -0.25) is 9.48 Å². The van der Waals surface area contributed by atoms with Crippen LogP contribution in [0, 0.1) is 6.92 Å². The molecule has 0 bridgehead atoms. The van der Waals surface area contributed by atoms with Crippen LogP contribution in [0.5, 0.6) is 0 Å². The standard InChI is InChI=1S/C13H12N4O3/c1-8-6-12(17(2)15-8)14-13(18)9-7-11(20-16-9)10-4-3-5-19-10/h3-7H,1-2H3,(H,14,18). The number of furan rings is 1. The van der Waals surface area contributed by atoms with E-state index in [0.717, 1.165) is 5.69 Å². The molecule has 3 rings (SSSR count). The van der Waals surface area contributed by atoms with E-state index in [1.165, 1.54) is 12.3 Å². The molecular formula is C13H12N4O3. The minimum atomic E-state index is -0.366. The summed E-state index contributed by atoms with van der Waals surface area (Å²) in [6.45, 7) is 1.85. The molecule has 0 aliphatic rings. The van der Waals surface area contributed by atoms with E-state index in [9.17, 15) is 4.79 Å². The molecule has 7 heteroatoms. The summed E-state index contributed by atoms with van der Waals surface area (Å²) in [5, 5.41) is 10.6. The molecule has 102 valence electrons. The zero-order valence-corrected chi connectivity index (χ0v) is 11.0. The molecule has 20 heavy (non-hydrogen) atoms. The molecule has 0 saturated heterocycles. The topological polar surface area (TPSA) is 86.1 Å². The summed E-state index contributed by atoms with van der Waals surface area (Å²) in [4.78, 5) is 12.1. The van der Waals surface area contributed by atoms with Gasteiger partial charge in [-0.2, -0.15) is 5.10 Å². The maximum atomic E-state index is 12.1. The van der Waals surface area contributed by atoms with Crippen molar-refractivity contribution < 1.29 is 13.7 Å². The van der Waals surface area contributed by atoms with Crippen molar-refractivity contribution in [1.29, 1.82) is 0 Å². The molecule has 0 radical (unpaired) electrons. The highest BCUT2D eigenvalue weighted by atomic mass is 16.5. The molecule has 0 aliphatic carbocycles. The summed E-state index contributed by atoms with van der Waals surface area (Å²) in [5.41, 5.74) is 0.995. The van der Waals surface area contributed by atoms with Gasteiger partial charge in [-0.15, -0.1) is 0 Å². The average molecular weight is 272 g/mol. The fraction of sp³-hybridized carbons (Fsp3) is 0.154. The summed E-state index contributed by atoms with van der Waals surface area (Å²) >= 11 is 0. The van der Waals surface area contributed by atoms with Crippen LogP contribution in [0.3, 0.4) is 0 Å². The van der Waals surface area contributed by atoms with Crippen LogP contribution in [0.1, 0.15) is 16.2 Å². The Balaban J connectivity index is 1.79. The Kier molecular flexibility index (Phi) is 2.86. The van der Waals surface area contributed by atoms with Crippen molar-refractivity contribution in [3.63, 3.8) is 0 Å². The van der Waals surface area contributed by atoms with E-state index in [-0.39, 0.29) is 11.6 Å². The fourth-order valence-corrected chi connectivity index (χ4v) is 1.83. The highest BCUT2D eigenvalue weighted by molar-refractivity contribution is 6.02. The first-order chi connectivity index (χ1) is 9.63. The second-order valence-electron chi connectivity index (χ2n) is 4.30. The molecule has 3 heterocycles. The molecule has 0 atom stereocenters. The molecule has 0 aromatic carbocycles. The SMILES string of the molecule is Cc1cc(NC(=O)c2cc(-c3ccco3)on2)n(C)n1. The maximum absolute atomic E-state index is 12.1. The molecule has 3 aromatic rings. The number of nitrogens with one attached hydrogen (secondary N) is 1. The zero-order chi connectivity index (χ0) is 14.1. The first kappa shape index (κ1) is 12.2. The number of carbonyl (C=O) groups excluding carboxylic acids is 1. The molecule has 0 fully saturated rings. The molecule has 0 spiro atoms. The van der Waals surface area contributed by atoms with Gasteiger partial charge < -0.3 is 14.3 Å². The lowest BCUT2D eigenvalue weighted by Gasteiger charge is -2.01. The lowest BCUT2D eigenvalue weighted by molar-refractivity contribution is 0.101. The van der Waals surface area contributed by atoms with Crippen molar-refractivity contribution in [3.8, 4) is 11.5 Å². The first-order valence-electron chi connectivity index (χ1n) is 5.96. The molecule has 0 aliphatic heterocycles. The minimum absolute atomic E-state index is 0.176. The number of aryl methyl sites for hydroxylation is 2.